The van der Waals surface area contributed by atoms with Gasteiger partial charge in [0.25, 0.3) is 11.8 Å². The second-order valence-electron chi connectivity index (χ2n) is 10.0. The van der Waals surface area contributed by atoms with Crippen LogP contribution in [0.2, 0.25) is 0 Å². The fourth-order valence-electron chi connectivity index (χ4n) is 6.05. The number of nitrogens with one attached hydrogen (secondary N) is 2. The van der Waals surface area contributed by atoms with Gasteiger partial charge in [-0.05, 0) is 49.9 Å². The Morgan fingerprint density at radius 3 is 2.47 bits per heavy atom. The molecule has 4 amide bonds. The highest BCUT2D eigenvalue weighted by atomic mass is 16.2. The molecule has 0 aliphatic carbocycles. The molecule has 2 N–H and O–H groups in total. The zero-order valence-corrected chi connectivity index (χ0v) is 18.6. The highest BCUT2D eigenvalue weighted by Crippen LogP contribution is 2.43. The fraction of sp³-hybridized carbons (Fsp3) is 0.583. The minimum absolute atomic E-state index is 0.123. The molecular formula is C24H30N4O4. The number of amides is 4. The van der Waals surface area contributed by atoms with Gasteiger partial charge in [0.2, 0.25) is 11.8 Å². The van der Waals surface area contributed by atoms with Gasteiger partial charge in [-0.2, -0.15) is 0 Å². The Labute approximate surface area is 187 Å². The number of imide groups is 2. The quantitative estimate of drug-likeness (QED) is 0.688. The van der Waals surface area contributed by atoms with Crippen molar-refractivity contribution < 1.29 is 19.2 Å². The van der Waals surface area contributed by atoms with Crippen LogP contribution < -0.4 is 10.6 Å². The molecule has 8 nitrogen and oxygen atoms in total. The molecule has 1 aromatic rings. The molecule has 2 unspecified atom stereocenters. The van der Waals surface area contributed by atoms with Crippen LogP contribution in [0.25, 0.3) is 0 Å². The maximum Gasteiger partial charge on any atom is 0.262 e. The smallest absolute Gasteiger partial charge is 0.262 e. The number of nitrogens with zero attached hydrogens (tertiary/aromatic N) is 2. The summed E-state index contributed by atoms with van der Waals surface area (Å²) in [4.78, 5) is 53.5. The van der Waals surface area contributed by atoms with Gasteiger partial charge in [-0.1, -0.05) is 26.0 Å². The van der Waals surface area contributed by atoms with Crippen LogP contribution in [0.15, 0.2) is 18.2 Å². The average molecular weight is 439 g/mol. The summed E-state index contributed by atoms with van der Waals surface area (Å²) in [5.74, 6) is -1.19. The van der Waals surface area contributed by atoms with Crippen molar-refractivity contribution in [1.29, 1.82) is 0 Å². The zero-order chi connectivity index (χ0) is 22.6. The molecule has 4 aliphatic rings. The van der Waals surface area contributed by atoms with Crippen LogP contribution in [0, 0.1) is 11.3 Å². The van der Waals surface area contributed by atoms with Crippen molar-refractivity contribution in [2.24, 2.45) is 11.3 Å². The van der Waals surface area contributed by atoms with E-state index in [0.29, 0.717) is 35.0 Å². The molecule has 8 heteroatoms. The molecule has 5 rings (SSSR count). The van der Waals surface area contributed by atoms with Crippen LogP contribution in [-0.4, -0.2) is 65.1 Å². The lowest BCUT2D eigenvalue weighted by molar-refractivity contribution is -0.136. The SMILES string of the molecule is CC(C)C1NCC12CCN(Cc1cccc3c1C(=O)N(C1CCC(=O)NC1=O)C3=O)CC2. The van der Waals surface area contributed by atoms with Crippen molar-refractivity contribution in [2.75, 3.05) is 19.6 Å². The monoisotopic (exact) mass is 438 g/mol. The Kier molecular flexibility index (Phi) is 5.17. The van der Waals surface area contributed by atoms with Gasteiger partial charge in [-0.25, -0.2) is 0 Å². The number of benzene rings is 1. The van der Waals surface area contributed by atoms with Crippen LogP contribution in [0.4, 0.5) is 0 Å². The summed E-state index contributed by atoms with van der Waals surface area (Å²) in [5.41, 5.74) is 1.98. The Morgan fingerprint density at radius 2 is 1.84 bits per heavy atom. The number of rotatable bonds is 4. The number of piperidine rings is 2. The zero-order valence-electron chi connectivity index (χ0n) is 18.6. The number of hydrogen-bond acceptors (Lipinski definition) is 6. The second kappa shape index (κ2) is 7.78. The lowest BCUT2D eigenvalue weighted by atomic mass is 9.63. The average Bonchev–Trinajstić information content (AvgIpc) is 2.99. The van der Waals surface area contributed by atoms with Crippen molar-refractivity contribution in [3.8, 4) is 0 Å². The molecule has 0 bridgehead atoms. The van der Waals surface area contributed by atoms with Crippen molar-refractivity contribution in [3.05, 3.63) is 34.9 Å². The van der Waals surface area contributed by atoms with Gasteiger partial charge in [-0.3, -0.25) is 34.3 Å². The number of carbonyl (C=O) groups excluding carboxylic acids is 4. The molecule has 4 heterocycles. The molecule has 1 spiro atoms. The van der Waals surface area contributed by atoms with E-state index in [0.717, 1.165) is 42.9 Å². The Hall–Kier alpha value is -2.58. The van der Waals surface area contributed by atoms with Crippen LogP contribution in [0.3, 0.4) is 0 Å². The van der Waals surface area contributed by atoms with Crippen LogP contribution in [0.5, 0.6) is 0 Å². The van der Waals surface area contributed by atoms with E-state index in [9.17, 15) is 19.2 Å². The summed E-state index contributed by atoms with van der Waals surface area (Å²) in [6, 6.07) is 5.02. The van der Waals surface area contributed by atoms with Gasteiger partial charge in [0, 0.05) is 31.0 Å². The number of carbonyl (C=O) groups is 4. The van der Waals surface area contributed by atoms with Gasteiger partial charge in [0.15, 0.2) is 0 Å². The standard InChI is InChI=1S/C24H30N4O4/c1-14(2)20-24(13-25-20)8-10-27(11-9-24)12-15-4-3-5-16-19(15)23(32)28(22(16)31)17-6-7-18(29)26-21(17)30/h3-5,14,17,20,25H,6-13H2,1-2H3,(H,26,29,30). The van der Waals surface area contributed by atoms with E-state index in [2.05, 4.69) is 29.4 Å². The van der Waals surface area contributed by atoms with Gasteiger partial charge < -0.3 is 5.32 Å². The van der Waals surface area contributed by atoms with E-state index < -0.39 is 23.8 Å². The van der Waals surface area contributed by atoms with Gasteiger partial charge in [0.1, 0.15) is 6.04 Å². The summed E-state index contributed by atoms with van der Waals surface area (Å²) in [6.45, 7) is 8.17. The molecule has 3 saturated heterocycles. The highest BCUT2D eigenvalue weighted by Gasteiger charge is 2.49. The minimum atomic E-state index is -0.929. The second-order valence-corrected chi connectivity index (χ2v) is 10.0. The van der Waals surface area contributed by atoms with E-state index in [-0.39, 0.29) is 18.7 Å². The molecule has 32 heavy (non-hydrogen) atoms. The van der Waals surface area contributed by atoms with Crippen molar-refractivity contribution in [3.63, 3.8) is 0 Å². The van der Waals surface area contributed by atoms with Crippen LogP contribution in [-0.2, 0) is 16.1 Å². The lowest BCUT2D eigenvalue weighted by Gasteiger charge is -2.56. The first kappa shape index (κ1) is 21.3. The van der Waals surface area contributed by atoms with E-state index in [1.54, 1.807) is 6.07 Å². The topological polar surface area (TPSA) is 98.8 Å². The molecule has 1 aromatic carbocycles. The first-order valence-corrected chi connectivity index (χ1v) is 11.6. The summed E-state index contributed by atoms with van der Waals surface area (Å²) in [5, 5.41) is 5.84. The molecule has 0 aromatic heterocycles. The molecular weight excluding hydrogens is 408 g/mol. The third-order valence-corrected chi connectivity index (χ3v) is 7.80. The largest absolute Gasteiger partial charge is 0.313 e. The molecule has 0 radical (unpaired) electrons. The third kappa shape index (κ3) is 3.28. The van der Waals surface area contributed by atoms with E-state index >= 15 is 0 Å². The lowest BCUT2D eigenvalue weighted by Crippen LogP contribution is -2.67. The predicted octanol–water partition coefficient (Wildman–Crippen LogP) is 1.30. The number of hydrogen-bond donors (Lipinski definition) is 2. The molecule has 0 saturated carbocycles. The van der Waals surface area contributed by atoms with E-state index in [1.807, 2.05) is 12.1 Å². The maximum absolute atomic E-state index is 13.3. The van der Waals surface area contributed by atoms with Gasteiger partial charge in [-0.15, -0.1) is 0 Å². The molecule has 3 fully saturated rings. The summed E-state index contributed by atoms with van der Waals surface area (Å²) in [6.07, 6.45) is 2.56. The molecule has 2 atom stereocenters. The number of fused-ring (bicyclic) bond motifs is 1. The molecule has 4 aliphatic heterocycles. The molecule has 170 valence electrons. The number of likely N-dealkylation sites (tertiary alicyclic amines) is 1. The predicted molar refractivity (Wildman–Crippen MR) is 117 cm³/mol. The van der Waals surface area contributed by atoms with Crippen LogP contribution >= 0.6 is 0 Å². The van der Waals surface area contributed by atoms with Gasteiger partial charge >= 0.3 is 0 Å². The Bertz CT molecular complexity index is 996. The fourth-order valence-corrected chi connectivity index (χ4v) is 6.05. The van der Waals surface area contributed by atoms with E-state index in [1.165, 1.54) is 0 Å². The normalized spacial score (nSPS) is 27.7. The highest BCUT2D eigenvalue weighted by molar-refractivity contribution is 6.24. The summed E-state index contributed by atoms with van der Waals surface area (Å²) < 4.78 is 0. The first-order valence-electron chi connectivity index (χ1n) is 11.6. The van der Waals surface area contributed by atoms with Gasteiger partial charge in [0.05, 0.1) is 11.1 Å². The Morgan fingerprint density at radius 1 is 1.09 bits per heavy atom. The summed E-state index contributed by atoms with van der Waals surface area (Å²) >= 11 is 0. The minimum Gasteiger partial charge on any atom is -0.313 e. The van der Waals surface area contributed by atoms with Crippen molar-refractivity contribution in [2.45, 2.75) is 58.2 Å². The van der Waals surface area contributed by atoms with E-state index in [4.69, 9.17) is 0 Å². The first-order chi connectivity index (χ1) is 15.3. The maximum atomic E-state index is 13.3. The van der Waals surface area contributed by atoms with Crippen molar-refractivity contribution in [1.82, 2.24) is 20.4 Å². The van der Waals surface area contributed by atoms with Crippen molar-refractivity contribution >= 4 is 23.6 Å². The summed E-state index contributed by atoms with van der Waals surface area (Å²) in [7, 11) is 0. The van der Waals surface area contributed by atoms with Crippen LogP contribution in [0.1, 0.15) is 65.8 Å². The Balaban J connectivity index is 1.32. The third-order valence-electron chi connectivity index (χ3n) is 7.80.